The minimum absolute atomic E-state index is 0.234. The quantitative estimate of drug-likeness (QED) is 0.335. The molecule has 1 amide bonds. The summed E-state index contributed by atoms with van der Waals surface area (Å²) in [5, 5.41) is 13.2. The number of amides is 1. The van der Waals surface area contributed by atoms with Gasteiger partial charge < -0.3 is 10.1 Å². The first-order valence-electron chi connectivity index (χ1n) is 10.6. The lowest BCUT2D eigenvalue weighted by Gasteiger charge is -2.09. The maximum atomic E-state index is 12.7. The standard InChI is InChI=1S/C25H25N5O2S/c1-16(2)24-28-25(30-29-24)20-9-5-6-10-21(20)27-23(31)13-12-18-8-4-7-11-22(18)32-14-19-15-33-17(3)26-19/h4-13,15-16H,14H2,1-3H3,(H,27,31)(H,28,29,30). The first-order valence-corrected chi connectivity index (χ1v) is 11.5. The smallest absolute Gasteiger partial charge is 0.248 e. The van der Waals surface area contributed by atoms with Crippen LogP contribution in [0.1, 0.15) is 41.9 Å². The van der Waals surface area contributed by atoms with Gasteiger partial charge in [0.25, 0.3) is 0 Å². The van der Waals surface area contributed by atoms with E-state index < -0.39 is 0 Å². The number of hydrogen-bond acceptors (Lipinski definition) is 6. The molecule has 2 aromatic carbocycles. The zero-order valence-corrected chi connectivity index (χ0v) is 19.5. The maximum Gasteiger partial charge on any atom is 0.248 e. The van der Waals surface area contributed by atoms with Gasteiger partial charge in [-0.3, -0.25) is 9.89 Å². The predicted octanol–water partition coefficient (Wildman–Crippen LogP) is 5.59. The van der Waals surface area contributed by atoms with Crippen molar-refractivity contribution < 1.29 is 9.53 Å². The molecule has 0 aliphatic carbocycles. The number of carbonyl (C=O) groups excluding carboxylic acids is 1. The summed E-state index contributed by atoms with van der Waals surface area (Å²) < 4.78 is 5.93. The summed E-state index contributed by atoms with van der Waals surface area (Å²) in [4.78, 5) is 21.6. The van der Waals surface area contributed by atoms with Crippen LogP contribution in [-0.4, -0.2) is 26.1 Å². The van der Waals surface area contributed by atoms with Crippen LogP contribution < -0.4 is 10.1 Å². The number of ether oxygens (including phenoxy) is 1. The van der Waals surface area contributed by atoms with Gasteiger partial charge in [-0.1, -0.05) is 44.2 Å². The van der Waals surface area contributed by atoms with Crippen molar-refractivity contribution in [2.45, 2.75) is 33.3 Å². The average Bonchev–Trinajstić information content (AvgIpc) is 3.46. The van der Waals surface area contributed by atoms with Gasteiger partial charge in [-0.25, -0.2) is 9.97 Å². The molecule has 33 heavy (non-hydrogen) atoms. The van der Waals surface area contributed by atoms with Crippen LogP contribution in [0, 0.1) is 6.92 Å². The Morgan fingerprint density at radius 1 is 1.15 bits per heavy atom. The summed E-state index contributed by atoms with van der Waals surface area (Å²) in [7, 11) is 0. The molecule has 0 saturated heterocycles. The molecule has 2 heterocycles. The zero-order valence-electron chi connectivity index (χ0n) is 18.7. The molecular formula is C25H25N5O2S. The number of anilines is 1. The zero-order chi connectivity index (χ0) is 23.2. The molecule has 0 spiro atoms. The van der Waals surface area contributed by atoms with Crippen molar-refractivity contribution in [3.63, 3.8) is 0 Å². The van der Waals surface area contributed by atoms with Crippen molar-refractivity contribution in [1.29, 1.82) is 0 Å². The van der Waals surface area contributed by atoms with Gasteiger partial charge in [-0.05, 0) is 31.2 Å². The van der Waals surface area contributed by atoms with Crippen LogP contribution >= 0.6 is 11.3 Å². The van der Waals surface area contributed by atoms with Gasteiger partial charge >= 0.3 is 0 Å². The number of hydrogen-bond donors (Lipinski definition) is 2. The molecule has 0 aliphatic rings. The Kier molecular flexibility index (Phi) is 6.95. The third-order valence-corrected chi connectivity index (χ3v) is 5.67. The van der Waals surface area contributed by atoms with E-state index >= 15 is 0 Å². The van der Waals surface area contributed by atoms with Crippen LogP contribution in [0.5, 0.6) is 5.75 Å². The van der Waals surface area contributed by atoms with Crippen LogP contribution in [-0.2, 0) is 11.4 Å². The van der Waals surface area contributed by atoms with E-state index in [2.05, 4.69) is 25.5 Å². The second-order valence-corrected chi connectivity index (χ2v) is 8.81. The molecule has 168 valence electrons. The number of para-hydroxylation sites is 2. The lowest BCUT2D eigenvalue weighted by molar-refractivity contribution is -0.111. The molecule has 0 atom stereocenters. The summed E-state index contributed by atoms with van der Waals surface area (Å²) in [5.41, 5.74) is 3.09. The third kappa shape index (κ3) is 5.72. The molecule has 7 nitrogen and oxygen atoms in total. The Balaban J connectivity index is 1.46. The Hall–Kier alpha value is -3.78. The second kappa shape index (κ2) is 10.2. The summed E-state index contributed by atoms with van der Waals surface area (Å²) in [6.45, 7) is 6.43. The fourth-order valence-electron chi connectivity index (χ4n) is 3.16. The van der Waals surface area contributed by atoms with Gasteiger partial charge in [0.05, 0.1) is 16.4 Å². The Morgan fingerprint density at radius 2 is 1.94 bits per heavy atom. The van der Waals surface area contributed by atoms with E-state index in [4.69, 9.17) is 4.74 Å². The van der Waals surface area contributed by atoms with Crippen molar-refractivity contribution in [2.75, 3.05) is 5.32 Å². The number of aromatic nitrogens is 4. The van der Waals surface area contributed by atoms with Crippen LogP contribution in [0.2, 0.25) is 0 Å². The second-order valence-electron chi connectivity index (χ2n) is 7.75. The molecule has 0 bridgehead atoms. The molecular weight excluding hydrogens is 434 g/mol. The Morgan fingerprint density at radius 3 is 2.70 bits per heavy atom. The Bertz CT molecular complexity index is 1280. The Labute approximate surface area is 196 Å². The first-order chi connectivity index (χ1) is 16.0. The van der Waals surface area contributed by atoms with Gasteiger partial charge in [-0.2, -0.15) is 5.10 Å². The minimum Gasteiger partial charge on any atom is -0.487 e. The summed E-state index contributed by atoms with van der Waals surface area (Å²) in [6, 6.07) is 15.1. The number of aromatic amines is 1. The summed E-state index contributed by atoms with van der Waals surface area (Å²) in [5.74, 6) is 2.02. The van der Waals surface area contributed by atoms with Crippen molar-refractivity contribution in [2.24, 2.45) is 0 Å². The molecule has 0 fully saturated rings. The summed E-state index contributed by atoms with van der Waals surface area (Å²) >= 11 is 1.59. The predicted molar refractivity (Wildman–Crippen MR) is 131 cm³/mol. The number of nitrogens with one attached hydrogen (secondary N) is 2. The molecule has 2 aromatic heterocycles. The molecule has 4 aromatic rings. The van der Waals surface area contributed by atoms with Crippen molar-refractivity contribution in [1.82, 2.24) is 20.2 Å². The van der Waals surface area contributed by atoms with Crippen LogP contribution in [0.4, 0.5) is 5.69 Å². The molecule has 0 radical (unpaired) electrons. The number of nitrogens with zero attached hydrogens (tertiary/aromatic N) is 3. The molecule has 8 heteroatoms. The number of carbonyl (C=O) groups is 1. The van der Waals surface area contributed by atoms with Gasteiger partial charge in [0, 0.05) is 28.5 Å². The monoisotopic (exact) mass is 459 g/mol. The molecule has 4 rings (SSSR count). The highest BCUT2D eigenvalue weighted by molar-refractivity contribution is 7.09. The van der Waals surface area contributed by atoms with E-state index in [0.717, 1.165) is 27.7 Å². The fourth-order valence-corrected chi connectivity index (χ4v) is 3.75. The lowest BCUT2D eigenvalue weighted by Crippen LogP contribution is -2.09. The van der Waals surface area contributed by atoms with Crippen LogP contribution in [0.15, 0.2) is 60.0 Å². The van der Waals surface area contributed by atoms with Crippen molar-refractivity contribution >= 4 is 29.0 Å². The number of thiazole rings is 1. The van der Waals surface area contributed by atoms with Crippen molar-refractivity contribution in [3.05, 3.63) is 82.1 Å². The SMILES string of the molecule is Cc1nc(COc2ccccc2C=CC(=O)Nc2ccccc2-c2n[nH]c(C(C)C)n2)cs1. The highest BCUT2D eigenvalue weighted by atomic mass is 32.1. The van der Waals surface area contributed by atoms with Crippen LogP contribution in [0.25, 0.3) is 17.5 Å². The topological polar surface area (TPSA) is 92.8 Å². The number of benzene rings is 2. The lowest BCUT2D eigenvalue weighted by atomic mass is 10.1. The molecule has 0 aliphatic heterocycles. The van der Waals surface area contributed by atoms with Gasteiger partial charge in [0.15, 0.2) is 5.82 Å². The molecule has 0 unspecified atom stereocenters. The summed E-state index contributed by atoms with van der Waals surface area (Å²) in [6.07, 6.45) is 3.23. The number of H-pyrrole nitrogens is 1. The number of aryl methyl sites for hydroxylation is 1. The van der Waals surface area contributed by atoms with Gasteiger partial charge in [0.1, 0.15) is 18.2 Å². The highest BCUT2D eigenvalue weighted by Crippen LogP contribution is 2.26. The highest BCUT2D eigenvalue weighted by Gasteiger charge is 2.13. The van der Waals surface area contributed by atoms with E-state index in [-0.39, 0.29) is 11.8 Å². The van der Waals surface area contributed by atoms with E-state index in [1.165, 1.54) is 6.08 Å². The van der Waals surface area contributed by atoms with E-state index in [9.17, 15) is 4.79 Å². The van der Waals surface area contributed by atoms with E-state index in [1.807, 2.05) is 74.7 Å². The van der Waals surface area contributed by atoms with E-state index in [0.29, 0.717) is 23.9 Å². The average molecular weight is 460 g/mol. The fraction of sp³-hybridized carbons (Fsp3) is 0.200. The molecule has 0 saturated carbocycles. The molecule has 2 N–H and O–H groups in total. The maximum absolute atomic E-state index is 12.7. The van der Waals surface area contributed by atoms with E-state index in [1.54, 1.807) is 17.4 Å². The normalized spacial score (nSPS) is 11.3. The third-order valence-electron chi connectivity index (χ3n) is 4.85. The van der Waals surface area contributed by atoms with Crippen LogP contribution in [0.3, 0.4) is 0 Å². The first kappa shape index (κ1) is 22.4. The van der Waals surface area contributed by atoms with Gasteiger partial charge in [0.2, 0.25) is 5.91 Å². The van der Waals surface area contributed by atoms with Crippen molar-refractivity contribution in [3.8, 4) is 17.1 Å². The number of rotatable bonds is 8. The largest absolute Gasteiger partial charge is 0.487 e. The minimum atomic E-state index is -0.257. The van der Waals surface area contributed by atoms with Gasteiger partial charge in [-0.15, -0.1) is 11.3 Å².